The zero-order valence-electron chi connectivity index (χ0n) is 17.2. The number of amides is 1. The van der Waals surface area contributed by atoms with Crippen LogP contribution in [0.5, 0.6) is 5.75 Å². The highest BCUT2D eigenvalue weighted by molar-refractivity contribution is 7.13. The fourth-order valence-electron chi connectivity index (χ4n) is 3.32. The summed E-state index contributed by atoms with van der Waals surface area (Å²) in [6, 6.07) is 7.18. The van der Waals surface area contributed by atoms with Crippen molar-refractivity contribution < 1.29 is 14.3 Å². The fourth-order valence-corrected chi connectivity index (χ4v) is 4.18. The standard InChI is InChI=1S/C22H29N3O3S/c1-3-15-28-19-7-5-18(6-8-19)20(26)9-10-21(27)24-11-4-12-25(14-13-24)22-23-17(2)16-29-22/h5-8,16H,3-4,9-15H2,1-2H3. The average molecular weight is 416 g/mol. The Bertz CT molecular complexity index is 819. The third kappa shape index (κ3) is 6.03. The van der Waals surface area contributed by atoms with Crippen molar-refractivity contribution in [3.63, 3.8) is 0 Å². The number of aromatic nitrogens is 1. The Balaban J connectivity index is 1.46. The number of hydrogen-bond donors (Lipinski definition) is 0. The Hall–Kier alpha value is -2.41. The molecule has 1 aliphatic heterocycles. The van der Waals surface area contributed by atoms with E-state index in [9.17, 15) is 9.59 Å². The maximum absolute atomic E-state index is 12.6. The first-order valence-corrected chi connectivity index (χ1v) is 11.2. The summed E-state index contributed by atoms with van der Waals surface area (Å²) in [5.41, 5.74) is 1.66. The summed E-state index contributed by atoms with van der Waals surface area (Å²) in [4.78, 5) is 33.7. The SMILES string of the molecule is CCCOc1ccc(C(=O)CCC(=O)N2CCCN(c3nc(C)cs3)CC2)cc1. The molecule has 2 aromatic rings. The summed E-state index contributed by atoms with van der Waals surface area (Å²) < 4.78 is 5.54. The molecule has 0 unspecified atom stereocenters. The van der Waals surface area contributed by atoms with Crippen molar-refractivity contribution in [2.75, 3.05) is 37.7 Å². The molecule has 2 heterocycles. The van der Waals surface area contributed by atoms with E-state index in [0.717, 1.165) is 49.1 Å². The minimum atomic E-state index is -0.00454. The largest absolute Gasteiger partial charge is 0.494 e. The number of ketones is 1. The molecule has 3 rings (SSSR count). The van der Waals surface area contributed by atoms with Gasteiger partial charge in [0.2, 0.25) is 5.91 Å². The molecule has 1 saturated heterocycles. The molecule has 6 nitrogen and oxygen atoms in total. The van der Waals surface area contributed by atoms with Crippen LogP contribution in [0.3, 0.4) is 0 Å². The molecule has 0 aliphatic carbocycles. The van der Waals surface area contributed by atoms with Crippen molar-refractivity contribution in [2.24, 2.45) is 0 Å². The van der Waals surface area contributed by atoms with Gasteiger partial charge in [-0.15, -0.1) is 11.3 Å². The van der Waals surface area contributed by atoms with E-state index in [1.165, 1.54) is 0 Å². The highest BCUT2D eigenvalue weighted by Gasteiger charge is 2.21. The molecular weight excluding hydrogens is 386 g/mol. The van der Waals surface area contributed by atoms with Crippen LogP contribution in [-0.4, -0.2) is 54.4 Å². The van der Waals surface area contributed by atoms with Gasteiger partial charge in [0.05, 0.1) is 12.3 Å². The number of carbonyl (C=O) groups is 2. The molecule has 1 aromatic heterocycles. The van der Waals surface area contributed by atoms with Gasteiger partial charge in [0, 0.05) is 50.0 Å². The molecule has 0 saturated carbocycles. The van der Waals surface area contributed by atoms with Gasteiger partial charge in [-0.25, -0.2) is 4.98 Å². The monoisotopic (exact) mass is 415 g/mol. The number of rotatable bonds is 8. The highest BCUT2D eigenvalue weighted by atomic mass is 32.1. The molecule has 0 spiro atoms. The zero-order chi connectivity index (χ0) is 20.6. The first-order chi connectivity index (χ1) is 14.1. The van der Waals surface area contributed by atoms with Gasteiger partial charge in [0.15, 0.2) is 10.9 Å². The Kier molecular flexibility index (Phi) is 7.63. The molecule has 0 N–H and O–H groups in total. The van der Waals surface area contributed by atoms with Crippen molar-refractivity contribution in [3.05, 3.63) is 40.9 Å². The number of carbonyl (C=O) groups excluding carboxylic acids is 2. The fraction of sp³-hybridized carbons (Fsp3) is 0.500. The number of aryl methyl sites for hydroxylation is 1. The van der Waals surface area contributed by atoms with Crippen molar-refractivity contribution in [3.8, 4) is 5.75 Å². The molecule has 0 radical (unpaired) electrons. The van der Waals surface area contributed by atoms with Crippen LogP contribution in [0.15, 0.2) is 29.6 Å². The second-order valence-corrected chi connectivity index (χ2v) is 8.13. The summed E-state index contributed by atoms with van der Waals surface area (Å²) >= 11 is 1.65. The summed E-state index contributed by atoms with van der Waals surface area (Å²) in [6.45, 7) is 7.81. The van der Waals surface area contributed by atoms with Gasteiger partial charge >= 0.3 is 0 Å². The van der Waals surface area contributed by atoms with E-state index in [0.29, 0.717) is 18.7 Å². The quantitative estimate of drug-likeness (QED) is 0.611. The second kappa shape index (κ2) is 10.4. The van der Waals surface area contributed by atoms with Gasteiger partial charge in [-0.2, -0.15) is 0 Å². The lowest BCUT2D eigenvalue weighted by Gasteiger charge is -2.21. The van der Waals surface area contributed by atoms with Crippen LogP contribution >= 0.6 is 11.3 Å². The summed E-state index contributed by atoms with van der Waals surface area (Å²) in [5.74, 6) is 0.817. The maximum atomic E-state index is 12.6. The van der Waals surface area contributed by atoms with Crippen molar-refractivity contribution in [1.29, 1.82) is 0 Å². The lowest BCUT2D eigenvalue weighted by molar-refractivity contribution is -0.130. The highest BCUT2D eigenvalue weighted by Crippen LogP contribution is 2.22. The van der Waals surface area contributed by atoms with Crippen LogP contribution in [0.4, 0.5) is 5.13 Å². The van der Waals surface area contributed by atoms with Crippen LogP contribution in [-0.2, 0) is 4.79 Å². The van der Waals surface area contributed by atoms with Gasteiger partial charge in [0.1, 0.15) is 5.75 Å². The smallest absolute Gasteiger partial charge is 0.223 e. The Labute approximate surface area is 176 Å². The van der Waals surface area contributed by atoms with Crippen LogP contribution in [0, 0.1) is 6.92 Å². The first kappa shape index (κ1) is 21.3. The van der Waals surface area contributed by atoms with Crippen molar-refractivity contribution >= 4 is 28.2 Å². The lowest BCUT2D eigenvalue weighted by Crippen LogP contribution is -2.35. The lowest BCUT2D eigenvalue weighted by atomic mass is 10.1. The molecule has 156 valence electrons. The summed E-state index contributed by atoms with van der Waals surface area (Å²) in [7, 11) is 0. The van der Waals surface area contributed by atoms with Gasteiger partial charge in [-0.3, -0.25) is 9.59 Å². The Morgan fingerprint density at radius 1 is 1.10 bits per heavy atom. The van der Waals surface area contributed by atoms with E-state index in [1.807, 2.05) is 24.0 Å². The number of hydrogen-bond acceptors (Lipinski definition) is 6. The predicted octanol–water partition coefficient (Wildman–Crippen LogP) is 3.94. The second-order valence-electron chi connectivity index (χ2n) is 7.29. The minimum absolute atomic E-state index is 0.00454. The number of nitrogens with zero attached hydrogens (tertiary/aromatic N) is 3. The van der Waals surface area contributed by atoms with E-state index in [1.54, 1.807) is 23.5 Å². The topological polar surface area (TPSA) is 62.7 Å². The molecule has 29 heavy (non-hydrogen) atoms. The van der Waals surface area contributed by atoms with E-state index >= 15 is 0 Å². The molecule has 0 bridgehead atoms. The Morgan fingerprint density at radius 3 is 2.59 bits per heavy atom. The summed E-state index contributed by atoms with van der Waals surface area (Å²) in [6.07, 6.45) is 2.35. The van der Waals surface area contributed by atoms with E-state index < -0.39 is 0 Å². The number of ether oxygens (including phenoxy) is 1. The third-order valence-corrected chi connectivity index (χ3v) is 5.96. The molecule has 1 aromatic carbocycles. The molecule has 7 heteroatoms. The Morgan fingerprint density at radius 2 is 1.90 bits per heavy atom. The normalized spacial score (nSPS) is 14.6. The number of thiazole rings is 1. The number of Topliss-reactive ketones (excluding diaryl/α,β-unsaturated/α-hetero) is 1. The zero-order valence-corrected chi connectivity index (χ0v) is 18.0. The van der Waals surface area contributed by atoms with E-state index in [2.05, 4.69) is 22.2 Å². The van der Waals surface area contributed by atoms with Gasteiger partial charge in [-0.05, 0) is 44.0 Å². The van der Waals surface area contributed by atoms with E-state index in [-0.39, 0.29) is 24.5 Å². The molecule has 1 amide bonds. The van der Waals surface area contributed by atoms with Gasteiger partial charge in [-0.1, -0.05) is 6.92 Å². The molecular formula is C22H29N3O3S. The average Bonchev–Trinajstić information content (AvgIpc) is 3.02. The van der Waals surface area contributed by atoms with Crippen LogP contribution in [0.25, 0.3) is 0 Å². The number of anilines is 1. The predicted molar refractivity (Wildman–Crippen MR) is 116 cm³/mol. The molecule has 1 fully saturated rings. The minimum Gasteiger partial charge on any atom is -0.494 e. The molecule has 1 aliphatic rings. The van der Waals surface area contributed by atoms with Crippen LogP contribution in [0.1, 0.15) is 48.7 Å². The number of benzene rings is 1. The van der Waals surface area contributed by atoms with Gasteiger partial charge < -0.3 is 14.5 Å². The maximum Gasteiger partial charge on any atom is 0.223 e. The van der Waals surface area contributed by atoms with Crippen molar-refractivity contribution in [2.45, 2.75) is 39.5 Å². The summed E-state index contributed by atoms with van der Waals surface area (Å²) in [5, 5.41) is 3.08. The van der Waals surface area contributed by atoms with Crippen LogP contribution in [0.2, 0.25) is 0 Å². The third-order valence-electron chi connectivity index (χ3n) is 4.94. The molecule has 0 atom stereocenters. The van der Waals surface area contributed by atoms with Crippen LogP contribution < -0.4 is 9.64 Å². The van der Waals surface area contributed by atoms with Gasteiger partial charge in [0.25, 0.3) is 0 Å². The first-order valence-electron chi connectivity index (χ1n) is 10.3. The van der Waals surface area contributed by atoms with E-state index in [4.69, 9.17) is 4.74 Å². The van der Waals surface area contributed by atoms with Crippen molar-refractivity contribution in [1.82, 2.24) is 9.88 Å².